The lowest BCUT2D eigenvalue weighted by Crippen LogP contribution is -2.10. The average molecular weight is 316 g/mol. The van der Waals surface area contributed by atoms with Crippen LogP contribution in [0.1, 0.15) is 60.4 Å². The zero-order chi connectivity index (χ0) is 15.7. The van der Waals surface area contributed by atoms with E-state index in [0.717, 1.165) is 22.3 Å². The normalized spacial score (nSPS) is 14.5. The van der Waals surface area contributed by atoms with Crippen LogP contribution in [0.2, 0.25) is 0 Å². The number of carbonyl (C=O) groups excluding carboxylic acids is 1. The number of hydrogen-bond donors (Lipinski definition) is 1. The van der Waals surface area contributed by atoms with Crippen LogP contribution in [0, 0.1) is 0 Å². The summed E-state index contributed by atoms with van der Waals surface area (Å²) in [6.45, 7) is 4.31. The zero-order valence-electron chi connectivity index (χ0n) is 12.8. The Hall–Kier alpha value is -1.82. The van der Waals surface area contributed by atoms with Crippen LogP contribution in [-0.4, -0.2) is 20.7 Å². The van der Waals surface area contributed by atoms with Crippen LogP contribution < -0.4 is 5.73 Å². The van der Waals surface area contributed by atoms with Gasteiger partial charge in [0.15, 0.2) is 5.16 Å². The van der Waals surface area contributed by atoms with Gasteiger partial charge in [0.2, 0.25) is 5.91 Å². The number of rotatable bonds is 6. The number of carbonyl (C=O) groups is 1. The number of thioether (sulfide) groups is 1. The van der Waals surface area contributed by atoms with Crippen molar-refractivity contribution >= 4 is 17.7 Å². The third-order valence-electron chi connectivity index (χ3n) is 3.73. The molecule has 3 rings (SSSR count). The van der Waals surface area contributed by atoms with Crippen LogP contribution in [0.15, 0.2) is 29.4 Å². The first kappa shape index (κ1) is 15.1. The molecule has 1 fully saturated rings. The monoisotopic (exact) mass is 316 g/mol. The highest BCUT2D eigenvalue weighted by Crippen LogP contribution is 2.40. The third kappa shape index (κ3) is 3.16. The van der Waals surface area contributed by atoms with E-state index in [-0.39, 0.29) is 0 Å². The van der Waals surface area contributed by atoms with Gasteiger partial charge in [-0.3, -0.25) is 4.79 Å². The molecule has 2 N–H and O–H groups in total. The summed E-state index contributed by atoms with van der Waals surface area (Å²) < 4.78 is 2.30. The van der Waals surface area contributed by atoms with Gasteiger partial charge in [0, 0.05) is 23.3 Å². The molecule has 0 bridgehead atoms. The molecule has 116 valence electrons. The minimum Gasteiger partial charge on any atom is -0.366 e. The molecule has 1 aliphatic rings. The van der Waals surface area contributed by atoms with Crippen LogP contribution in [0.4, 0.5) is 0 Å². The summed E-state index contributed by atoms with van der Waals surface area (Å²) in [5.41, 5.74) is 6.94. The Balaban J connectivity index is 1.72. The maximum absolute atomic E-state index is 11.1. The molecule has 0 unspecified atom stereocenters. The Morgan fingerprint density at radius 1 is 1.32 bits per heavy atom. The fraction of sp³-hybridized carbons (Fsp3) is 0.438. The predicted octanol–water partition coefficient (Wildman–Crippen LogP) is 3.13. The molecule has 22 heavy (non-hydrogen) atoms. The first-order chi connectivity index (χ1) is 10.6. The van der Waals surface area contributed by atoms with E-state index in [1.165, 1.54) is 12.8 Å². The fourth-order valence-electron chi connectivity index (χ4n) is 2.37. The van der Waals surface area contributed by atoms with Crippen LogP contribution in [-0.2, 0) is 5.75 Å². The molecular weight excluding hydrogens is 296 g/mol. The number of nitrogens with two attached hydrogens (primary N) is 1. The topological polar surface area (TPSA) is 73.8 Å². The highest BCUT2D eigenvalue weighted by atomic mass is 32.2. The van der Waals surface area contributed by atoms with Gasteiger partial charge in [-0.25, -0.2) is 0 Å². The van der Waals surface area contributed by atoms with E-state index >= 15 is 0 Å². The number of hydrogen-bond acceptors (Lipinski definition) is 4. The zero-order valence-corrected chi connectivity index (χ0v) is 13.6. The van der Waals surface area contributed by atoms with Crippen molar-refractivity contribution in [2.24, 2.45) is 5.73 Å². The molecule has 1 saturated carbocycles. The van der Waals surface area contributed by atoms with E-state index in [1.807, 2.05) is 12.1 Å². The molecule has 0 aliphatic heterocycles. The Kier molecular flexibility index (Phi) is 4.20. The lowest BCUT2D eigenvalue weighted by Gasteiger charge is -2.10. The highest BCUT2D eigenvalue weighted by molar-refractivity contribution is 7.98. The van der Waals surface area contributed by atoms with Gasteiger partial charge in [-0.05, 0) is 30.5 Å². The third-order valence-corrected chi connectivity index (χ3v) is 4.74. The Morgan fingerprint density at radius 2 is 2.00 bits per heavy atom. The molecule has 0 radical (unpaired) electrons. The molecule has 6 heteroatoms. The molecule has 1 aromatic carbocycles. The maximum Gasteiger partial charge on any atom is 0.248 e. The van der Waals surface area contributed by atoms with E-state index in [2.05, 4.69) is 28.6 Å². The number of benzene rings is 1. The molecule has 1 heterocycles. The second-order valence-corrected chi connectivity index (χ2v) is 6.89. The largest absolute Gasteiger partial charge is 0.366 e. The minimum absolute atomic E-state index is 0.386. The average Bonchev–Trinajstić information content (AvgIpc) is 3.24. The molecule has 2 aromatic rings. The number of primary amides is 1. The second-order valence-electron chi connectivity index (χ2n) is 5.95. The Labute approximate surface area is 134 Å². The summed E-state index contributed by atoms with van der Waals surface area (Å²) in [6, 6.07) is 7.99. The van der Waals surface area contributed by atoms with Gasteiger partial charge >= 0.3 is 0 Å². The molecule has 0 atom stereocenters. The predicted molar refractivity (Wildman–Crippen MR) is 86.9 cm³/mol. The van der Waals surface area contributed by atoms with Crippen molar-refractivity contribution in [1.29, 1.82) is 0 Å². The van der Waals surface area contributed by atoms with Crippen LogP contribution in [0.5, 0.6) is 0 Å². The van der Waals surface area contributed by atoms with Crippen molar-refractivity contribution in [2.75, 3.05) is 0 Å². The molecule has 0 spiro atoms. The van der Waals surface area contributed by atoms with E-state index in [1.54, 1.807) is 23.9 Å². The highest BCUT2D eigenvalue weighted by Gasteiger charge is 2.30. The summed E-state index contributed by atoms with van der Waals surface area (Å²) in [5, 5.41) is 9.71. The minimum atomic E-state index is -0.394. The van der Waals surface area contributed by atoms with Crippen molar-refractivity contribution < 1.29 is 4.79 Å². The van der Waals surface area contributed by atoms with Gasteiger partial charge in [0.05, 0.1) is 0 Å². The Bertz CT molecular complexity index is 674. The lowest BCUT2D eigenvalue weighted by atomic mass is 10.1. The summed E-state index contributed by atoms with van der Waals surface area (Å²) in [5.74, 6) is 1.88. The van der Waals surface area contributed by atoms with Gasteiger partial charge in [0.25, 0.3) is 0 Å². The first-order valence-corrected chi connectivity index (χ1v) is 8.51. The second kappa shape index (κ2) is 6.12. The van der Waals surface area contributed by atoms with Crippen LogP contribution in [0.3, 0.4) is 0 Å². The number of nitrogens with zero attached hydrogens (tertiary/aromatic N) is 3. The standard InChI is InChI=1S/C16H20N4OS/c1-10(2)15-18-19-16(20(15)13-7-8-13)22-9-11-3-5-12(6-4-11)14(17)21/h3-6,10,13H,7-9H2,1-2H3,(H2,17,21). The molecule has 1 amide bonds. The SMILES string of the molecule is CC(C)c1nnc(SCc2ccc(C(N)=O)cc2)n1C1CC1. The molecule has 1 aromatic heterocycles. The number of amides is 1. The molecule has 5 nitrogen and oxygen atoms in total. The van der Waals surface area contributed by atoms with Crippen molar-refractivity contribution in [1.82, 2.24) is 14.8 Å². The summed E-state index contributed by atoms with van der Waals surface area (Å²) in [7, 11) is 0. The van der Waals surface area contributed by atoms with E-state index in [4.69, 9.17) is 5.73 Å². The quantitative estimate of drug-likeness (QED) is 0.831. The van der Waals surface area contributed by atoms with E-state index in [0.29, 0.717) is 17.5 Å². The maximum atomic E-state index is 11.1. The molecule has 1 aliphatic carbocycles. The summed E-state index contributed by atoms with van der Waals surface area (Å²) in [4.78, 5) is 11.1. The summed E-state index contributed by atoms with van der Waals surface area (Å²) in [6.07, 6.45) is 2.44. The van der Waals surface area contributed by atoms with Gasteiger partial charge in [-0.2, -0.15) is 0 Å². The van der Waals surface area contributed by atoms with Gasteiger partial charge < -0.3 is 10.3 Å². The molecular formula is C16H20N4OS. The summed E-state index contributed by atoms with van der Waals surface area (Å²) >= 11 is 1.69. The van der Waals surface area contributed by atoms with Gasteiger partial charge in [0.1, 0.15) is 5.82 Å². The van der Waals surface area contributed by atoms with E-state index < -0.39 is 5.91 Å². The first-order valence-electron chi connectivity index (χ1n) is 7.52. The smallest absolute Gasteiger partial charge is 0.248 e. The molecule has 0 saturated heterocycles. The van der Waals surface area contributed by atoms with Crippen molar-refractivity contribution in [3.05, 3.63) is 41.2 Å². The van der Waals surface area contributed by atoms with Crippen molar-refractivity contribution in [3.8, 4) is 0 Å². The van der Waals surface area contributed by atoms with Gasteiger partial charge in [-0.15, -0.1) is 10.2 Å². The van der Waals surface area contributed by atoms with Crippen LogP contribution >= 0.6 is 11.8 Å². The lowest BCUT2D eigenvalue weighted by molar-refractivity contribution is 0.100. The Morgan fingerprint density at radius 3 is 2.55 bits per heavy atom. The van der Waals surface area contributed by atoms with Gasteiger partial charge in [-0.1, -0.05) is 37.7 Å². The van der Waals surface area contributed by atoms with Crippen molar-refractivity contribution in [2.45, 2.75) is 49.6 Å². The number of aromatic nitrogens is 3. The van der Waals surface area contributed by atoms with Crippen LogP contribution in [0.25, 0.3) is 0 Å². The fourth-order valence-corrected chi connectivity index (χ4v) is 3.34. The van der Waals surface area contributed by atoms with Crippen molar-refractivity contribution in [3.63, 3.8) is 0 Å². The van der Waals surface area contributed by atoms with E-state index in [9.17, 15) is 4.79 Å².